The van der Waals surface area contributed by atoms with E-state index in [-0.39, 0.29) is 5.41 Å². The number of allylic oxidation sites excluding steroid dienone is 2. The molecule has 3 saturated carbocycles. The van der Waals surface area contributed by atoms with Gasteiger partial charge in [0, 0.05) is 5.41 Å². The van der Waals surface area contributed by atoms with Crippen molar-refractivity contribution in [3.8, 4) is 0 Å². The predicted molar refractivity (Wildman–Crippen MR) is 92.9 cm³/mol. The lowest BCUT2D eigenvalue weighted by Crippen LogP contribution is -2.56. The van der Waals surface area contributed by atoms with Crippen LogP contribution in [-0.2, 0) is 0 Å². The summed E-state index contributed by atoms with van der Waals surface area (Å²) < 4.78 is 0. The maximum absolute atomic E-state index is 11.2. The van der Waals surface area contributed by atoms with Gasteiger partial charge in [0.25, 0.3) is 0 Å². The maximum atomic E-state index is 11.2. The third-order valence-corrected chi connectivity index (χ3v) is 9.07. The van der Waals surface area contributed by atoms with Crippen molar-refractivity contribution in [2.45, 2.75) is 83.8 Å². The van der Waals surface area contributed by atoms with Crippen molar-refractivity contribution in [1.29, 1.82) is 0 Å². The van der Waals surface area contributed by atoms with Crippen molar-refractivity contribution in [2.75, 3.05) is 0 Å². The second kappa shape index (κ2) is 5.08. The summed E-state index contributed by atoms with van der Waals surface area (Å²) in [5.41, 5.74) is -0.604. The van der Waals surface area contributed by atoms with Gasteiger partial charge in [-0.15, -0.1) is 0 Å². The predicted octanol–water partition coefficient (Wildman–Crippen LogP) is 4.31. The monoisotopic (exact) mass is 318 g/mol. The Kier molecular flexibility index (Phi) is 3.57. The standard InChI is InChI=1S/C21H34O2/c1-4-21(23)18(22)13-17-15-9-8-14-7-5-6-11-19(14,2)16(15)10-12-20(17,21)3/h6,11,14-18,22-23H,4-5,7-10,12-13H2,1-3H3/t14?,15-,16+,17+,18?,19+,20+,21-/m1/s1. The van der Waals surface area contributed by atoms with Crippen molar-refractivity contribution in [1.82, 2.24) is 0 Å². The van der Waals surface area contributed by atoms with Crippen molar-refractivity contribution < 1.29 is 10.2 Å². The van der Waals surface area contributed by atoms with E-state index in [9.17, 15) is 10.2 Å². The molecule has 8 atom stereocenters. The third-order valence-electron chi connectivity index (χ3n) is 9.07. The molecule has 0 bridgehead atoms. The second-order valence-corrected chi connectivity index (χ2v) is 9.48. The van der Waals surface area contributed by atoms with Crippen LogP contribution in [0.15, 0.2) is 12.2 Å². The lowest BCUT2D eigenvalue weighted by atomic mass is 9.45. The molecule has 3 fully saturated rings. The molecule has 0 aromatic rings. The summed E-state index contributed by atoms with van der Waals surface area (Å²) in [6.45, 7) is 6.83. The normalized spacial score (nSPS) is 58.4. The molecule has 23 heavy (non-hydrogen) atoms. The molecule has 0 amide bonds. The molecule has 130 valence electrons. The van der Waals surface area contributed by atoms with Crippen molar-refractivity contribution >= 4 is 0 Å². The fourth-order valence-electron chi connectivity index (χ4n) is 7.57. The summed E-state index contributed by atoms with van der Waals surface area (Å²) in [5, 5.41) is 21.9. The van der Waals surface area contributed by atoms with Gasteiger partial charge in [0.2, 0.25) is 0 Å². The Balaban J connectivity index is 1.70. The van der Waals surface area contributed by atoms with Crippen LogP contribution < -0.4 is 0 Å². The molecule has 2 unspecified atom stereocenters. The smallest absolute Gasteiger partial charge is 0.0958 e. The van der Waals surface area contributed by atoms with Crippen LogP contribution in [0.25, 0.3) is 0 Å². The highest BCUT2D eigenvalue weighted by molar-refractivity contribution is 5.19. The Morgan fingerprint density at radius 1 is 1.09 bits per heavy atom. The van der Waals surface area contributed by atoms with Crippen molar-refractivity contribution in [3.63, 3.8) is 0 Å². The summed E-state index contributed by atoms with van der Waals surface area (Å²) >= 11 is 0. The van der Waals surface area contributed by atoms with E-state index >= 15 is 0 Å². The molecule has 0 aromatic carbocycles. The molecule has 2 heteroatoms. The van der Waals surface area contributed by atoms with Crippen molar-refractivity contribution in [2.24, 2.45) is 34.5 Å². The zero-order chi connectivity index (χ0) is 16.5. The zero-order valence-corrected chi connectivity index (χ0v) is 15.1. The zero-order valence-electron chi connectivity index (χ0n) is 15.1. The number of hydrogen-bond acceptors (Lipinski definition) is 2. The van der Waals surface area contributed by atoms with Crippen LogP contribution in [0.5, 0.6) is 0 Å². The van der Waals surface area contributed by atoms with E-state index in [0.717, 1.165) is 24.7 Å². The molecule has 0 aromatic heterocycles. The average molecular weight is 319 g/mol. The molecular formula is C21H34O2. The Hall–Kier alpha value is -0.340. The van der Waals surface area contributed by atoms with Crippen LogP contribution in [0.1, 0.15) is 72.1 Å². The van der Waals surface area contributed by atoms with Gasteiger partial charge in [0.1, 0.15) is 0 Å². The molecule has 2 N–H and O–H groups in total. The van der Waals surface area contributed by atoms with Gasteiger partial charge in [-0.05, 0) is 80.5 Å². The molecule has 0 heterocycles. The van der Waals surface area contributed by atoms with Gasteiger partial charge in [-0.3, -0.25) is 0 Å². The van der Waals surface area contributed by atoms with Crippen LogP contribution in [0, 0.1) is 34.5 Å². The first-order valence-corrected chi connectivity index (χ1v) is 9.95. The largest absolute Gasteiger partial charge is 0.390 e. The Morgan fingerprint density at radius 3 is 2.61 bits per heavy atom. The van der Waals surface area contributed by atoms with Gasteiger partial charge >= 0.3 is 0 Å². The topological polar surface area (TPSA) is 40.5 Å². The first-order chi connectivity index (χ1) is 10.9. The molecular weight excluding hydrogens is 284 g/mol. The van der Waals surface area contributed by atoms with E-state index in [1.54, 1.807) is 0 Å². The SMILES string of the molecule is CC[C@@]1(O)C(O)C[C@H]2[C@@H]3CCC4CCC=C[C@]4(C)[C@H]3CC[C@@]21C. The van der Waals surface area contributed by atoms with E-state index < -0.39 is 11.7 Å². The van der Waals surface area contributed by atoms with E-state index in [0.29, 0.717) is 23.7 Å². The Morgan fingerprint density at radius 2 is 1.87 bits per heavy atom. The van der Waals surface area contributed by atoms with Crippen LogP contribution in [0.4, 0.5) is 0 Å². The highest BCUT2D eigenvalue weighted by Gasteiger charge is 2.66. The summed E-state index contributed by atoms with van der Waals surface area (Å²) in [6.07, 6.45) is 13.5. The third kappa shape index (κ3) is 1.88. The number of rotatable bonds is 1. The van der Waals surface area contributed by atoms with Crippen LogP contribution in [-0.4, -0.2) is 21.9 Å². The molecule has 0 spiro atoms. The summed E-state index contributed by atoms with van der Waals surface area (Å²) in [4.78, 5) is 0. The van der Waals surface area contributed by atoms with Crippen LogP contribution in [0.2, 0.25) is 0 Å². The summed E-state index contributed by atoms with van der Waals surface area (Å²) in [6, 6.07) is 0. The molecule has 4 aliphatic carbocycles. The highest BCUT2D eigenvalue weighted by atomic mass is 16.3. The van der Waals surface area contributed by atoms with Crippen LogP contribution >= 0.6 is 0 Å². The number of hydrogen-bond donors (Lipinski definition) is 2. The highest BCUT2D eigenvalue weighted by Crippen LogP contribution is 2.67. The molecule has 4 rings (SSSR count). The molecule has 0 radical (unpaired) electrons. The van der Waals surface area contributed by atoms with E-state index in [1.165, 1.54) is 32.1 Å². The van der Waals surface area contributed by atoms with Gasteiger partial charge in [-0.2, -0.15) is 0 Å². The average Bonchev–Trinajstić information content (AvgIpc) is 2.75. The van der Waals surface area contributed by atoms with Gasteiger partial charge in [0.05, 0.1) is 11.7 Å². The Labute approximate surface area is 141 Å². The van der Waals surface area contributed by atoms with Gasteiger partial charge in [-0.1, -0.05) is 32.9 Å². The molecule has 0 saturated heterocycles. The first-order valence-electron chi connectivity index (χ1n) is 9.95. The minimum Gasteiger partial charge on any atom is -0.390 e. The lowest BCUT2D eigenvalue weighted by Gasteiger charge is -2.60. The fourth-order valence-corrected chi connectivity index (χ4v) is 7.57. The molecule has 0 aliphatic heterocycles. The molecule has 4 aliphatic rings. The number of aliphatic hydroxyl groups is 2. The van der Waals surface area contributed by atoms with Gasteiger partial charge in [-0.25, -0.2) is 0 Å². The summed E-state index contributed by atoms with van der Waals surface area (Å²) in [5.74, 6) is 2.79. The fraction of sp³-hybridized carbons (Fsp3) is 0.905. The first kappa shape index (κ1) is 16.1. The molecule has 2 nitrogen and oxygen atoms in total. The summed E-state index contributed by atoms with van der Waals surface area (Å²) in [7, 11) is 0. The minimum atomic E-state index is -0.872. The lowest BCUT2D eigenvalue weighted by molar-refractivity contribution is -0.160. The Bertz CT molecular complexity index is 514. The van der Waals surface area contributed by atoms with Crippen molar-refractivity contribution in [3.05, 3.63) is 12.2 Å². The van der Waals surface area contributed by atoms with Gasteiger partial charge in [0.15, 0.2) is 0 Å². The number of aliphatic hydroxyl groups excluding tert-OH is 1. The van der Waals surface area contributed by atoms with E-state index in [2.05, 4.69) is 26.0 Å². The van der Waals surface area contributed by atoms with E-state index in [1.807, 2.05) is 6.92 Å². The second-order valence-electron chi connectivity index (χ2n) is 9.48. The quantitative estimate of drug-likeness (QED) is 0.707. The van der Waals surface area contributed by atoms with E-state index in [4.69, 9.17) is 0 Å². The number of fused-ring (bicyclic) bond motifs is 5. The van der Waals surface area contributed by atoms with Crippen LogP contribution in [0.3, 0.4) is 0 Å². The minimum absolute atomic E-state index is 0.0933. The van der Waals surface area contributed by atoms with Gasteiger partial charge < -0.3 is 10.2 Å². The maximum Gasteiger partial charge on any atom is 0.0958 e.